The topological polar surface area (TPSA) is 56.4 Å². The Morgan fingerprint density at radius 2 is 2.10 bits per heavy atom. The zero-order valence-electron chi connectivity index (χ0n) is 12.4. The molecular weight excluding hydrogens is 255 g/mol. The standard InChI is InChI=1S/C15H23FN4/c1-15(2)10-20(7-6-19(15)3)9-11-4-5-12(16)8-13(11)14(17)18/h4-5,8H,6-7,9-10H2,1-3H3,(H3,17,18). The van der Waals surface area contributed by atoms with E-state index in [4.69, 9.17) is 11.1 Å². The average molecular weight is 278 g/mol. The van der Waals surface area contributed by atoms with Crippen LogP contribution in [0.4, 0.5) is 4.39 Å². The highest BCUT2D eigenvalue weighted by atomic mass is 19.1. The molecule has 1 saturated heterocycles. The van der Waals surface area contributed by atoms with Crippen molar-refractivity contribution in [3.05, 3.63) is 35.1 Å². The molecule has 0 unspecified atom stereocenters. The van der Waals surface area contributed by atoms with Gasteiger partial charge in [0.15, 0.2) is 0 Å². The summed E-state index contributed by atoms with van der Waals surface area (Å²) in [6, 6.07) is 4.51. The van der Waals surface area contributed by atoms with Gasteiger partial charge < -0.3 is 5.73 Å². The maximum atomic E-state index is 13.3. The number of amidine groups is 1. The van der Waals surface area contributed by atoms with Gasteiger partial charge in [0, 0.05) is 37.3 Å². The molecule has 1 aromatic rings. The van der Waals surface area contributed by atoms with Crippen LogP contribution in [0.1, 0.15) is 25.0 Å². The Bertz CT molecular complexity index is 513. The zero-order valence-corrected chi connectivity index (χ0v) is 12.4. The molecule has 0 saturated carbocycles. The van der Waals surface area contributed by atoms with E-state index >= 15 is 0 Å². The Morgan fingerprint density at radius 3 is 2.70 bits per heavy atom. The first-order chi connectivity index (χ1) is 9.29. The normalized spacial score (nSPS) is 20.0. The number of likely N-dealkylation sites (N-methyl/N-ethyl adjacent to an activating group) is 1. The lowest BCUT2D eigenvalue weighted by atomic mass is 9.98. The van der Waals surface area contributed by atoms with Gasteiger partial charge in [-0.2, -0.15) is 0 Å². The van der Waals surface area contributed by atoms with Crippen molar-refractivity contribution in [3.8, 4) is 0 Å². The van der Waals surface area contributed by atoms with Crippen LogP contribution in [-0.2, 0) is 6.54 Å². The second kappa shape index (κ2) is 5.50. The number of piperazine rings is 1. The maximum absolute atomic E-state index is 13.3. The lowest BCUT2D eigenvalue weighted by Gasteiger charge is -2.45. The minimum absolute atomic E-state index is 0.0760. The van der Waals surface area contributed by atoms with E-state index in [0.717, 1.165) is 25.2 Å². The molecule has 5 heteroatoms. The van der Waals surface area contributed by atoms with Gasteiger partial charge in [0.2, 0.25) is 0 Å². The van der Waals surface area contributed by atoms with Gasteiger partial charge in [-0.25, -0.2) is 4.39 Å². The van der Waals surface area contributed by atoms with Crippen LogP contribution in [-0.4, -0.2) is 47.9 Å². The molecule has 0 atom stereocenters. The van der Waals surface area contributed by atoms with E-state index in [0.29, 0.717) is 12.1 Å². The van der Waals surface area contributed by atoms with Crippen LogP contribution in [0.3, 0.4) is 0 Å². The molecule has 1 heterocycles. The molecule has 0 radical (unpaired) electrons. The fourth-order valence-corrected chi connectivity index (χ4v) is 2.65. The van der Waals surface area contributed by atoms with Gasteiger partial charge in [-0.1, -0.05) is 6.07 Å². The summed E-state index contributed by atoms with van der Waals surface area (Å²) >= 11 is 0. The minimum Gasteiger partial charge on any atom is -0.384 e. The molecule has 1 aliphatic heterocycles. The lowest BCUT2D eigenvalue weighted by Crippen LogP contribution is -2.57. The van der Waals surface area contributed by atoms with Gasteiger partial charge in [0.05, 0.1) is 0 Å². The van der Waals surface area contributed by atoms with E-state index in [2.05, 4.69) is 30.7 Å². The molecule has 2 rings (SSSR count). The van der Waals surface area contributed by atoms with Crippen molar-refractivity contribution in [3.63, 3.8) is 0 Å². The molecule has 110 valence electrons. The Morgan fingerprint density at radius 1 is 1.40 bits per heavy atom. The van der Waals surface area contributed by atoms with Crippen LogP contribution in [0.5, 0.6) is 0 Å². The van der Waals surface area contributed by atoms with E-state index in [1.54, 1.807) is 6.07 Å². The molecular formula is C15H23FN4. The van der Waals surface area contributed by atoms with Crippen molar-refractivity contribution in [1.29, 1.82) is 5.41 Å². The number of rotatable bonds is 3. The largest absolute Gasteiger partial charge is 0.384 e. The Hall–Kier alpha value is -1.46. The zero-order chi connectivity index (χ0) is 14.9. The molecule has 3 N–H and O–H groups in total. The summed E-state index contributed by atoms with van der Waals surface area (Å²) in [4.78, 5) is 4.68. The van der Waals surface area contributed by atoms with Gasteiger partial charge in [0.1, 0.15) is 11.7 Å². The fourth-order valence-electron chi connectivity index (χ4n) is 2.65. The summed E-state index contributed by atoms with van der Waals surface area (Å²) in [5, 5.41) is 7.58. The summed E-state index contributed by atoms with van der Waals surface area (Å²) in [5.41, 5.74) is 7.09. The van der Waals surface area contributed by atoms with E-state index < -0.39 is 0 Å². The summed E-state index contributed by atoms with van der Waals surface area (Å²) in [6.07, 6.45) is 0. The lowest BCUT2D eigenvalue weighted by molar-refractivity contribution is 0.0360. The maximum Gasteiger partial charge on any atom is 0.123 e. The molecule has 0 spiro atoms. The van der Waals surface area contributed by atoms with Crippen LogP contribution in [0.2, 0.25) is 0 Å². The van der Waals surface area contributed by atoms with E-state index in [1.807, 2.05) is 0 Å². The number of nitrogens with zero attached hydrogens (tertiary/aromatic N) is 2. The van der Waals surface area contributed by atoms with Gasteiger partial charge in [-0.15, -0.1) is 0 Å². The molecule has 20 heavy (non-hydrogen) atoms. The van der Waals surface area contributed by atoms with E-state index in [1.165, 1.54) is 12.1 Å². The van der Waals surface area contributed by atoms with Crippen molar-refractivity contribution < 1.29 is 4.39 Å². The Kier molecular flexibility index (Phi) is 4.11. The fraction of sp³-hybridized carbons (Fsp3) is 0.533. The highest BCUT2D eigenvalue weighted by molar-refractivity contribution is 5.96. The van der Waals surface area contributed by atoms with Crippen LogP contribution in [0.15, 0.2) is 18.2 Å². The van der Waals surface area contributed by atoms with Crippen molar-refractivity contribution in [2.45, 2.75) is 25.9 Å². The first kappa shape index (κ1) is 14.9. The third-order valence-electron chi connectivity index (χ3n) is 4.15. The smallest absolute Gasteiger partial charge is 0.123 e. The number of hydrogen-bond acceptors (Lipinski definition) is 3. The predicted octanol–water partition coefficient (Wildman–Crippen LogP) is 1.64. The molecule has 0 bridgehead atoms. The van der Waals surface area contributed by atoms with Crippen molar-refractivity contribution in [2.24, 2.45) is 5.73 Å². The van der Waals surface area contributed by atoms with Gasteiger partial charge >= 0.3 is 0 Å². The van der Waals surface area contributed by atoms with Crippen molar-refractivity contribution in [2.75, 3.05) is 26.7 Å². The summed E-state index contributed by atoms with van der Waals surface area (Å²) in [7, 11) is 2.14. The second-order valence-electron chi connectivity index (χ2n) is 6.16. The molecule has 0 aromatic heterocycles. The molecule has 0 aliphatic carbocycles. The first-order valence-electron chi connectivity index (χ1n) is 6.86. The molecule has 1 aliphatic rings. The van der Waals surface area contributed by atoms with Gasteiger partial charge in [-0.05, 0) is 38.6 Å². The van der Waals surface area contributed by atoms with E-state index in [9.17, 15) is 4.39 Å². The first-order valence-corrected chi connectivity index (χ1v) is 6.86. The second-order valence-corrected chi connectivity index (χ2v) is 6.16. The number of nitrogens with one attached hydrogen (secondary N) is 1. The van der Waals surface area contributed by atoms with Crippen molar-refractivity contribution >= 4 is 5.84 Å². The number of hydrogen-bond donors (Lipinski definition) is 2. The minimum atomic E-state index is -0.349. The highest BCUT2D eigenvalue weighted by Crippen LogP contribution is 2.21. The van der Waals surface area contributed by atoms with Crippen LogP contribution >= 0.6 is 0 Å². The van der Waals surface area contributed by atoms with Crippen LogP contribution in [0, 0.1) is 11.2 Å². The number of nitrogens with two attached hydrogens (primary N) is 1. The quantitative estimate of drug-likeness (QED) is 0.653. The highest BCUT2D eigenvalue weighted by Gasteiger charge is 2.31. The monoisotopic (exact) mass is 278 g/mol. The van der Waals surface area contributed by atoms with Crippen LogP contribution in [0.25, 0.3) is 0 Å². The Labute approximate surface area is 119 Å². The number of nitrogen functional groups attached to an aromatic ring is 1. The van der Waals surface area contributed by atoms with Gasteiger partial charge in [0.25, 0.3) is 0 Å². The average Bonchev–Trinajstić information content (AvgIpc) is 2.35. The SMILES string of the molecule is CN1CCN(Cc2ccc(F)cc2C(=N)N)CC1(C)C. The molecule has 1 fully saturated rings. The van der Waals surface area contributed by atoms with Gasteiger partial charge in [-0.3, -0.25) is 15.2 Å². The predicted molar refractivity (Wildman–Crippen MR) is 79.4 cm³/mol. The molecule has 0 amide bonds. The number of halogens is 1. The Balaban J connectivity index is 2.17. The van der Waals surface area contributed by atoms with Crippen LogP contribution < -0.4 is 5.73 Å². The summed E-state index contributed by atoms with van der Waals surface area (Å²) in [6.45, 7) is 8.05. The van der Waals surface area contributed by atoms with E-state index in [-0.39, 0.29) is 17.2 Å². The third kappa shape index (κ3) is 3.16. The summed E-state index contributed by atoms with van der Waals surface area (Å²) < 4.78 is 13.3. The molecule has 1 aromatic carbocycles. The number of benzene rings is 1. The third-order valence-corrected chi connectivity index (χ3v) is 4.15. The summed E-state index contributed by atoms with van der Waals surface area (Å²) in [5.74, 6) is -0.425. The van der Waals surface area contributed by atoms with Crippen molar-refractivity contribution in [1.82, 2.24) is 9.80 Å². The molecule has 4 nitrogen and oxygen atoms in total.